The number of hydrazine groups is 1. The first-order valence-electron chi connectivity index (χ1n) is 5.50. The maximum absolute atomic E-state index is 11.2. The molecule has 1 rings (SSSR count). The van der Waals surface area contributed by atoms with Crippen LogP contribution in [0.4, 0.5) is 4.79 Å². The monoisotopic (exact) mass is 223 g/mol. The molecule has 0 atom stereocenters. The molecule has 0 radical (unpaired) electrons. The molecule has 0 aromatic heterocycles. The molecule has 3 N–H and O–H groups in total. The summed E-state index contributed by atoms with van der Waals surface area (Å²) in [5.41, 5.74) is 1.82. The van der Waals surface area contributed by atoms with Crippen LogP contribution in [0.5, 0.6) is 0 Å². The summed E-state index contributed by atoms with van der Waals surface area (Å²) in [7, 11) is 0. The molecule has 0 bridgehead atoms. The van der Waals surface area contributed by atoms with E-state index in [9.17, 15) is 4.79 Å². The lowest BCUT2D eigenvalue weighted by molar-refractivity contribution is 0.203. The third kappa shape index (κ3) is 3.90. The van der Waals surface area contributed by atoms with Crippen molar-refractivity contribution in [3.8, 4) is 0 Å². The molecular weight excluding hydrogens is 202 g/mol. The van der Waals surface area contributed by atoms with E-state index in [0.717, 1.165) is 16.3 Å². The Kier molecular flexibility index (Phi) is 6.96. The number of nitrogens with zero attached hydrogens (tertiary/aromatic N) is 1. The number of allylic oxidation sites excluding steroid dienone is 3. The molecule has 0 spiro atoms. The summed E-state index contributed by atoms with van der Waals surface area (Å²) in [4.78, 5) is 11.2. The van der Waals surface area contributed by atoms with Crippen LogP contribution in [0.2, 0.25) is 0 Å². The molecule has 0 saturated heterocycles. The minimum atomic E-state index is -0.272. The summed E-state index contributed by atoms with van der Waals surface area (Å²) in [6, 6.07) is -0.272. The molecule has 16 heavy (non-hydrogen) atoms. The fourth-order valence-corrected chi connectivity index (χ4v) is 1.27. The highest BCUT2D eigenvalue weighted by atomic mass is 16.2. The summed E-state index contributed by atoms with van der Waals surface area (Å²) >= 11 is 0. The molecule has 1 aliphatic heterocycles. The average molecular weight is 223 g/mol. The number of nitrogens with one attached hydrogen (secondary N) is 1. The van der Waals surface area contributed by atoms with Crippen LogP contribution in [-0.2, 0) is 0 Å². The Morgan fingerprint density at radius 1 is 1.25 bits per heavy atom. The van der Waals surface area contributed by atoms with Gasteiger partial charge in [-0.2, -0.15) is 0 Å². The van der Waals surface area contributed by atoms with Gasteiger partial charge in [0.05, 0.1) is 6.54 Å². The van der Waals surface area contributed by atoms with Crippen molar-refractivity contribution in [2.75, 3.05) is 6.54 Å². The van der Waals surface area contributed by atoms with Crippen LogP contribution in [0.25, 0.3) is 0 Å². The third-order valence-corrected chi connectivity index (χ3v) is 1.89. The van der Waals surface area contributed by atoms with Gasteiger partial charge in [-0.25, -0.2) is 10.6 Å². The number of nitrogens with two attached hydrogens (primary N) is 1. The number of hydrogen-bond donors (Lipinski definition) is 2. The maximum Gasteiger partial charge on any atom is 0.336 e. The average Bonchev–Trinajstić information content (AvgIpc) is 2.29. The van der Waals surface area contributed by atoms with Gasteiger partial charge in [-0.3, -0.25) is 5.01 Å². The molecule has 0 aromatic carbocycles. The second-order valence-electron chi connectivity index (χ2n) is 3.00. The highest BCUT2D eigenvalue weighted by Crippen LogP contribution is 2.11. The zero-order valence-corrected chi connectivity index (χ0v) is 10.4. The lowest BCUT2D eigenvalue weighted by atomic mass is 10.1. The van der Waals surface area contributed by atoms with E-state index < -0.39 is 0 Å². The third-order valence-electron chi connectivity index (χ3n) is 1.89. The first-order valence-corrected chi connectivity index (χ1v) is 5.50. The van der Waals surface area contributed by atoms with E-state index in [1.54, 1.807) is 0 Å². The minimum absolute atomic E-state index is 0.272. The Labute approximate surface area is 97.5 Å². The summed E-state index contributed by atoms with van der Waals surface area (Å²) in [5, 5.41) is 3.86. The van der Waals surface area contributed by atoms with Gasteiger partial charge in [0.25, 0.3) is 0 Å². The van der Waals surface area contributed by atoms with Crippen LogP contribution >= 0.6 is 0 Å². The number of rotatable bonds is 2. The van der Waals surface area contributed by atoms with E-state index in [1.807, 2.05) is 52.0 Å². The van der Waals surface area contributed by atoms with E-state index in [2.05, 4.69) is 5.32 Å². The highest BCUT2D eigenvalue weighted by molar-refractivity contribution is 5.78. The lowest BCUT2D eigenvalue weighted by Crippen LogP contribution is -2.48. The number of carbonyl (C=O) groups excluding carboxylic acids is 1. The van der Waals surface area contributed by atoms with Crippen molar-refractivity contribution in [2.24, 2.45) is 5.84 Å². The van der Waals surface area contributed by atoms with Crippen molar-refractivity contribution >= 4 is 6.03 Å². The number of amides is 2. The van der Waals surface area contributed by atoms with Crippen molar-refractivity contribution in [1.29, 1.82) is 0 Å². The summed E-state index contributed by atoms with van der Waals surface area (Å²) < 4.78 is 0. The van der Waals surface area contributed by atoms with Gasteiger partial charge in [-0.1, -0.05) is 32.1 Å². The SMILES string of the molecule is C/C=C\C1=C(/C=C\C)NC(=O)N(N)C1.CC. The highest BCUT2D eigenvalue weighted by Gasteiger charge is 2.18. The Hall–Kier alpha value is -1.55. The zero-order chi connectivity index (χ0) is 12.6. The Bertz CT molecular complexity index is 316. The van der Waals surface area contributed by atoms with Crippen molar-refractivity contribution < 1.29 is 4.79 Å². The normalized spacial score (nSPS) is 16.6. The molecule has 90 valence electrons. The van der Waals surface area contributed by atoms with Gasteiger partial charge in [0.2, 0.25) is 0 Å². The number of carbonyl (C=O) groups is 1. The van der Waals surface area contributed by atoms with E-state index in [0.29, 0.717) is 6.54 Å². The van der Waals surface area contributed by atoms with Crippen LogP contribution < -0.4 is 11.2 Å². The fraction of sp³-hybridized carbons (Fsp3) is 0.417. The van der Waals surface area contributed by atoms with Crippen LogP contribution in [-0.4, -0.2) is 17.6 Å². The molecule has 2 amide bonds. The van der Waals surface area contributed by atoms with Gasteiger partial charge >= 0.3 is 6.03 Å². The van der Waals surface area contributed by atoms with Gasteiger partial charge < -0.3 is 5.32 Å². The van der Waals surface area contributed by atoms with Crippen molar-refractivity contribution in [1.82, 2.24) is 10.3 Å². The molecule has 1 heterocycles. The number of hydrogen-bond acceptors (Lipinski definition) is 2. The molecular formula is C12H21N3O. The minimum Gasteiger partial charge on any atom is -0.306 e. The van der Waals surface area contributed by atoms with Gasteiger partial charge in [0.1, 0.15) is 0 Å². The van der Waals surface area contributed by atoms with E-state index in [1.165, 1.54) is 0 Å². The van der Waals surface area contributed by atoms with E-state index in [-0.39, 0.29) is 6.03 Å². The number of urea groups is 1. The first-order chi connectivity index (χ1) is 7.69. The second-order valence-corrected chi connectivity index (χ2v) is 3.00. The molecule has 0 aliphatic carbocycles. The van der Waals surface area contributed by atoms with Crippen molar-refractivity contribution in [2.45, 2.75) is 27.7 Å². The lowest BCUT2D eigenvalue weighted by Gasteiger charge is -2.25. The maximum atomic E-state index is 11.2. The van der Waals surface area contributed by atoms with Gasteiger partial charge in [0, 0.05) is 5.70 Å². The van der Waals surface area contributed by atoms with E-state index >= 15 is 0 Å². The molecule has 0 fully saturated rings. The Morgan fingerprint density at radius 3 is 2.31 bits per heavy atom. The summed E-state index contributed by atoms with van der Waals surface area (Å²) in [5.74, 6) is 5.49. The zero-order valence-electron chi connectivity index (χ0n) is 10.4. The van der Waals surface area contributed by atoms with Gasteiger partial charge in [-0.05, 0) is 25.5 Å². The quantitative estimate of drug-likeness (QED) is 0.557. The van der Waals surface area contributed by atoms with Crippen molar-refractivity contribution in [3.05, 3.63) is 35.6 Å². The molecule has 0 unspecified atom stereocenters. The molecule has 0 saturated carbocycles. The first kappa shape index (κ1) is 14.5. The van der Waals surface area contributed by atoms with Crippen LogP contribution in [0.1, 0.15) is 27.7 Å². The van der Waals surface area contributed by atoms with E-state index in [4.69, 9.17) is 5.84 Å². The molecule has 4 nitrogen and oxygen atoms in total. The van der Waals surface area contributed by atoms with Gasteiger partial charge in [-0.15, -0.1) is 0 Å². The Morgan fingerprint density at radius 2 is 1.81 bits per heavy atom. The summed E-state index contributed by atoms with van der Waals surface area (Å²) in [6.07, 6.45) is 7.60. The smallest absolute Gasteiger partial charge is 0.306 e. The van der Waals surface area contributed by atoms with Gasteiger partial charge in [0.15, 0.2) is 0 Å². The topological polar surface area (TPSA) is 58.4 Å². The molecule has 4 heteroatoms. The largest absolute Gasteiger partial charge is 0.336 e. The van der Waals surface area contributed by atoms with Crippen molar-refractivity contribution in [3.63, 3.8) is 0 Å². The standard InChI is InChI=1S/C10H15N3O.C2H6/c1-3-5-8-7-13(11)10(14)12-9(8)6-4-2;1-2/h3-6H,7,11H2,1-2H3,(H,12,14);1-2H3/b5-3-,6-4-;. The predicted molar refractivity (Wildman–Crippen MR) is 67.4 cm³/mol. The predicted octanol–water partition coefficient (Wildman–Crippen LogP) is 2.32. The molecule has 0 aromatic rings. The summed E-state index contributed by atoms with van der Waals surface area (Å²) in [6.45, 7) is 8.27. The Balaban J connectivity index is 0.00000106. The van der Waals surface area contributed by atoms with Crippen LogP contribution in [0.3, 0.4) is 0 Å². The van der Waals surface area contributed by atoms with Crippen LogP contribution in [0.15, 0.2) is 35.6 Å². The second kappa shape index (κ2) is 7.70. The van der Waals surface area contributed by atoms with Crippen LogP contribution in [0, 0.1) is 0 Å². The molecule has 1 aliphatic rings. The fourth-order valence-electron chi connectivity index (χ4n) is 1.27.